The van der Waals surface area contributed by atoms with Crippen LogP contribution in [0.4, 0.5) is 0 Å². The number of nitrogens with zero attached hydrogens (tertiary/aromatic N) is 1. The SMILES string of the molecule is CC(=O)O/N=C(\CCCSc1ccc(Cl)cc1)c1ccc(Sc2ccc(C(=O)c3ccccc3)cc2)cc1. The van der Waals surface area contributed by atoms with Crippen molar-refractivity contribution in [2.45, 2.75) is 34.5 Å². The molecule has 4 nitrogen and oxygen atoms in total. The monoisotopic (exact) mass is 559 g/mol. The Balaban J connectivity index is 1.36. The second-order valence-electron chi connectivity index (χ2n) is 8.37. The van der Waals surface area contributed by atoms with Crippen LogP contribution in [0.3, 0.4) is 0 Å². The van der Waals surface area contributed by atoms with Crippen LogP contribution in [0.2, 0.25) is 5.02 Å². The second kappa shape index (κ2) is 14.0. The molecule has 192 valence electrons. The lowest BCUT2D eigenvalue weighted by molar-refractivity contribution is -0.140. The van der Waals surface area contributed by atoms with Crippen molar-refractivity contribution >= 4 is 52.6 Å². The lowest BCUT2D eigenvalue weighted by Gasteiger charge is -2.08. The molecule has 0 fully saturated rings. The lowest BCUT2D eigenvalue weighted by atomic mass is 10.0. The van der Waals surface area contributed by atoms with Crippen molar-refractivity contribution < 1.29 is 14.4 Å². The highest BCUT2D eigenvalue weighted by Crippen LogP contribution is 2.29. The first-order valence-corrected chi connectivity index (χ1v) is 14.3. The summed E-state index contributed by atoms with van der Waals surface area (Å²) in [5.41, 5.74) is 2.99. The van der Waals surface area contributed by atoms with Crippen molar-refractivity contribution in [2.24, 2.45) is 5.16 Å². The molecule has 0 atom stereocenters. The first kappa shape index (κ1) is 27.7. The minimum atomic E-state index is -0.445. The van der Waals surface area contributed by atoms with Gasteiger partial charge in [0.25, 0.3) is 0 Å². The van der Waals surface area contributed by atoms with Gasteiger partial charge in [-0.25, -0.2) is 4.79 Å². The van der Waals surface area contributed by atoms with Gasteiger partial charge >= 0.3 is 5.97 Å². The van der Waals surface area contributed by atoms with Crippen molar-refractivity contribution in [1.82, 2.24) is 0 Å². The molecule has 7 heteroatoms. The van der Waals surface area contributed by atoms with E-state index < -0.39 is 5.97 Å². The summed E-state index contributed by atoms with van der Waals surface area (Å²) in [4.78, 5) is 32.2. The summed E-state index contributed by atoms with van der Waals surface area (Å²) >= 11 is 9.32. The van der Waals surface area contributed by atoms with Crippen LogP contribution in [-0.4, -0.2) is 23.2 Å². The predicted molar refractivity (Wildman–Crippen MR) is 157 cm³/mol. The molecule has 4 aromatic rings. The molecule has 0 heterocycles. The van der Waals surface area contributed by atoms with E-state index in [1.807, 2.05) is 103 Å². The average molecular weight is 560 g/mol. The van der Waals surface area contributed by atoms with E-state index in [2.05, 4.69) is 5.16 Å². The Morgan fingerprint density at radius 1 is 0.737 bits per heavy atom. The van der Waals surface area contributed by atoms with Crippen molar-refractivity contribution in [3.63, 3.8) is 0 Å². The van der Waals surface area contributed by atoms with E-state index in [0.29, 0.717) is 17.5 Å². The van der Waals surface area contributed by atoms with E-state index >= 15 is 0 Å². The maximum Gasteiger partial charge on any atom is 0.331 e. The predicted octanol–water partition coefficient (Wildman–Crippen LogP) is 8.56. The fourth-order valence-electron chi connectivity index (χ4n) is 3.60. The van der Waals surface area contributed by atoms with Gasteiger partial charge in [0, 0.05) is 37.8 Å². The fourth-order valence-corrected chi connectivity index (χ4v) is 5.40. The Hall–Kier alpha value is -3.32. The van der Waals surface area contributed by atoms with Gasteiger partial charge in [-0.15, -0.1) is 11.8 Å². The van der Waals surface area contributed by atoms with E-state index in [1.54, 1.807) is 23.5 Å². The number of hydrogen-bond acceptors (Lipinski definition) is 6. The zero-order valence-electron chi connectivity index (χ0n) is 20.8. The number of carbonyl (C=O) groups is 2. The van der Waals surface area contributed by atoms with Gasteiger partial charge in [0.1, 0.15) is 0 Å². The highest BCUT2D eigenvalue weighted by molar-refractivity contribution is 7.99. The summed E-state index contributed by atoms with van der Waals surface area (Å²) < 4.78 is 0. The highest BCUT2D eigenvalue weighted by atomic mass is 35.5. The number of halogens is 1. The summed E-state index contributed by atoms with van der Waals surface area (Å²) in [5, 5.41) is 4.84. The molecule has 4 aromatic carbocycles. The minimum Gasteiger partial charge on any atom is -0.318 e. The van der Waals surface area contributed by atoms with E-state index in [-0.39, 0.29) is 5.78 Å². The Kier molecular flexibility index (Phi) is 10.2. The topological polar surface area (TPSA) is 55.7 Å². The Morgan fingerprint density at radius 3 is 1.89 bits per heavy atom. The summed E-state index contributed by atoms with van der Waals surface area (Å²) in [5.74, 6) is 0.467. The van der Waals surface area contributed by atoms with E-state index in [1.165, 1.54) is 6.92 Å². The van der Waals surface area contributed by atoms with Crippen LogP contribution in [-0.2, 0) is 9.63 Å². The zero-order chi connectivity index (χ0) is 26.7. The van der Waals surface area contributed by atoms with Crippen LogP contribution in [0.25, 0.3) is 0 Å². The van der Waals surface area contributed by atoms with Crippen LogP contribution >= 0.6 is 35.1 Å². The lowest BCUT2D eigenvalue weighted by Crippen LogP contribution is -2.05. The smallest absolute Gasteiger partial charge is 0.318 e. The summed E-state index contributed by atoms with van der Waals surface area (Å²) in [7, 11) is 0. The molecule has 38 heavy (non-hydrogen) atoms. The Morgan fingerprint density at radius 2 is 1.29 bits per heavy atom. The second-order valence-corrected chi connectivity index (χ2v) is 11.1. The molecule has 0 bridgehead atoms. The molecule has 4 rings (SSSR count). The third-order valence-corrected chi connectivity index (χ3v) is 7.87. The molecular formula is C31H26ClNO3S2. The van der Waals surface area contributed by atoms with E-state index in [4.69, 9.17) is 16.4 Å². The van der Waals surface area contributed by atoms with Crippen molar-refractivity contribution in [3.05, 3.63) is 125 Å². The number of carbonyl (C=O) groups excluding carboxylic acids is 2. The van der Waals surface area contributed by atoms with Crippen LogP contribution in [0, 0.1) is 0 Å². The van der Waals surface area contributed by atoms with Crippen LogP contribution in [0.15, 0.2) is 123 Å². The number of hydrogen-bond donors (Lipinski definition) is 0. The highest BCUT2D eigenvalue weighted by Gasteiger charge is 2.10. The summed E-state index contributed by atoms with van der Waals surface area (Å²) in [6.07, 6.45) is 1.55. The van der Waals surface area contributed by atoms with Crippen LogP contribution < -0.4 is 0 Å². The first-order chi connectivity index (χ1) is 18.5. The molecule has 0 radical (unpaired) electrons. The van der Waals surface area contributed by atoms with Crippen molar-refractivity contribution in [3.8, 4) is 0 Å². The van der Waals surface area contributed by atoms with Crippen LogP contribution in [0.5, 0.6) is 0 Å². The largest absolute Gasteiger partial charge is 0.331 e. The normalized spacial score (nSPS) is 11.3. The molecule has 0 aliphatic heterocycles. The molecule has 0 aliphatic carbocycles. The van der Waals surface area contributed by atoms with E-state index in [0.717, 1.165) is 43.2 Å². The number of ketones is 1. The minimum absolute atomic E-state index is 0.0117. The molecule has 0 spiro atoms. The quantitative estimate of drug-likeness (QED) is 0.0460. The standard InChI is InChI=1S/C31H26ClNO3S2/c1-22(34)36-33-30(8-5-21-37-27-19-13-26(32)14-20-27)23-9-15-28(16-10-23)38-29-17-11-25(12-18-29)31(35)24-6-3-2-4-7-24/h2-4,6-7,9-20H,5,8,21H2,1H3/b33-30+. The van der Waals surface area contributed by atoms with E-state index in [9.17, 15) is 9.59 Å². The first-order valence-electron chi connectivity index (χ1n) is 12.1. The van der Waals surface area contributed by atoms with Gasteiger partial charge in [-0.05, 0) is 84.8 Å². The fraction of sp³-hybridized carbons (Fsp3) is 0.129. The number of oxime groups is 1. The van der Waals surface area contributed by atoms with Gasteiger partial charge in [0.2, 0.25) is 0 Å². The van der Waals surface area contributed by atoms with Gasteiger partial charge in [-0.2, -0.15) is 0 Å². The molecule has 0 saturated carbocycles. The molecule has 0 aromatic heterocycles. The maximum atomic E-state index is 12.6. The molecule has 0 saturated heterocycles. The Labute approximate surface area is 236 Å². The molecule has 0 aliphatic rings. The zero-order valence-corrected chi connectivity index (χ0v) is 23.2. The third kappa shape index (κ3) is 8.35. The summed E-state index contributed by atoms with van der Waals surface area (Å²) in [6.45, 7) is 1.34. The van der Waals surface area contributed by atoms with Gasteiger partial charge < -0.3 is 4.84 Å². The Bertz CT molecular complexity index is 1390. The van der Waals surface area contributed by atoms with Crippen molar-refractivity contribution in [1.29, 1.82) is 0 Å². The number of rotatable bonds is 11. The van der Waals surface area contributed by atoms with Gasteiger partial charge in [-0.3, -0.25) is 4.79 Å². The van der Waals surface area contributed by atoms with Crippen LogP contribution in [0.1, 0.15) is 41.3 Å². The molecular weight excluding hydrogens is 534 g/mol. The average Bonchev–Trinajstić information content (AvgIpc) is 2.94. The van der Waals surface area contributed by atoms with Crippen molar-refractivity contribution in [2.75, 3.05) is 5.75 Å². The number of thioether (sulfide) groups is 1. The number of benzene rings is 4. The third-order valence-electron chi connectivity index (χ3n) is 5.50. The molecule has 0 amide bonds. The summed E-state index contributed by atoms with van der Waals surface area (Å²) in [6, 6.07) is 32.7. The molecule has 0 unspecified atom stereocenters. The maximum absolute atomic E-state index is 12.6. The molecule has 0 N–H and O–H groups in total. The van der Waals surface area contributed by atoms with Gasteiger partial charge in [0.05, 0.1) is 5.71 Å². The van der Waals surface area contributed by atoms with Gasteiger partial charge in [0.15, 0.2) is 5.78 Å². The van der Waals surface area contributed by atoms with Gasteiger partial charge in [-0.1, -0.05) is 71.0 Å².